The smallest absolute Gasteiger partial charge is 0.264 e. The standard InChI is InChI=1S/C22H19Cl2N3O4S/c1-15(28)25-16-7-9-17(10-8-16)26-22(29)14-27(18-11-12-20(23)21(24)13-18)32(30,31)19-5-3-2-4-6-19/h2-13H,14H2,1H3,(H,25,28)(H,26,29). The summed E-state index contributed by atoms with van der Waals surface area (Å²) in [6, 6.07) is 18.5. The van der Waals surface area contributed by atoms with E-state index in [1.54, 1.807) is 42.5 Å². The van der Waals surface area contributed by atoms with Crippen molar-refractivity contribution in [3.05, 3.63) is 82.8 Å². The second kappa shape index (κ2) is 10.0. The summed E-state index contributed by atoms with van der Waals surface area (Å²) >= 11 is 12.1. The lowest BCUT2D eigenvalue weighted by atomic mass is 10.2. The molecule has 3 aromatic carbocycles. The number of hydrogen-bond acceptors (Lipinski definition) is 4. The summed E-state index contributed by atoms with van der Waals surface area (Å²) in [5, 5.41) is 5.70. The molecule has 0 spiro atoms. The molecule has 0 saturated heterocycles. The van der Waals surface area contributed by atoms with Crippen molar-refractivity contribution in [2.45, 2.75) is 11.8 Å². The van der Waals surface area contributed by atoms with Gasteiger partial charge in [-0.05, 0) is 54.6 Å². The fourth-order valence-electron chi connectivity index (χ4n) is 2.85. The Bertz CT molecular complexity index is 1230. The van der Waals surface area contributed by atoms with Crippen LogP contribution in [0.4, 0.5) is 17.1 Å². The van der Waals surface area contributed by atoms with E-state index in [1.807, 2.05) is 0 Å². The molecule has 0 fully saturated rings. The van der Waals surface area contributed by atoms with Gasteiger partial charge in [0.25, 0.3) is 10.0 Å². The van der Waals surface area contributed by atoms with Gasteiger partial charge >= 0.3 is 0 Å². The van der Waals surface area contributed by atoms with Crippen LogP contribution in [0.1, 0.15) is 6.92 Å². The van der Waals surface area contributed by atoms with Crippen molar-refractivity contribution in [2.75, 3.05) is 21.5 Å². The molecular formula is C22H19Cl2N3O4S. The molecule has 0 aliphatic carbocycles. The highest BCUT2D eigenvalue weighted by atomic mass is 35.5. The summed E-state index contributed by atoms with van der Waals surface area (Å²) in [6.07, 6.45) is 0. The number of hydrogen-bond donors (Lipinski definition) is 2. The maximum Gasteiger partial charge on any atom is 0.264 e. The third-order valence-electron chi connectivity index (χ3n) is 4.30. The normalized spacial score (nSPS) is 11.0. The summed E-state index contributed by atoms with van der Waals surface area (Å²) in [5.74, 6) is -0.784. The first kappa shape index (κ1) is 23.6. The van der Waals surface area contributed by atoms with Gasteiger partial charge in [0.15, 0.2) is 0 Å². The highest BCUT2D eigenvalue weighted by Crippen LogP contribution is 2.30. The Morgan fingerprint density at radius 1 is 0.844 bits per heavy atom. The zero-order chi connectivity index (χ0) is 23.3. The lowest BCUT2D eigenvalue weighted by Crippen LogP contribution is -2.38. The summed E-state index contributed by atoms with van der Waals surface area (Å²) in [7, 11) is -4.07. The van der Waals surface area contributed by atoms with E-state index in [-0.39, 0.29) is 26.5 Å². The van der Waals surface area contributed by atoms with Gasteiger partial charge in [0.1, 0.15) is 6.54 Å². The molecule has 0 atom stereocenters. The van der Waals surface area contributed by atoms with Gasteiger partial charge in [-0.1, -0.05) is 41.4 Å². The summed E-state index contributed by atoms with van der Waals surface area (Å²) < 4.78 is 27.6. The first-order chi connectivity index (χ1) is 15.2. The van der Waals surface area contributed by atoms with Crippen LogP contribution in [0.15, 0.2) is 77.7 Å². The van der Waals surface area contributed by atoms with Crippen LogP contribution in [-0.4, -0.2) is 26.8 Å². The predicted molar refractivity (Wildman–Crippen MR) is 127 cm³/mol. The maximum absolute atomic E-state index is 13.3. The molecule has 0 bridgehead atoms. The third-order valence-corrected chi connectivity index (χ3v) is 6.83. The zero-order valence-electron chi connectivity index (χ0n) is 16.9. The number of benzene rings is 3. The number of nitrogens with one attached hydrogen (secondary N) is 2. The van der Waals surface area contributed by atoms with Gasteiger partial charge in [-0.2, -0.15) is 0 Å². The maximum atomic E-state index is 13.3. The average Bonchev–Trinajstić information content (AvgIpc) is 2.75. The van der Waals surface area contributed by atoms with Crippen molar-refractivity contribution in [1.29, 1.82) is 0 Å². The molecule has 0 saturated carbocycles. The molecule has 32 heavy (non-hydrogen) atoms. The van der Waals surface area contributed by atoms with Gasteiger partial charge in [-0.15, -0.1) is 0 Å². The molecule has 166 valence electrons. The van der Waals surface area contributed by atoms with Crippen LogP contribution < -0.4 is 14.9 Å². The Morgan fingerprint density at radius 3 is 2.00 bits per heavy atom. The minimum absolute atomic E-state index is 0.0264. The second-order valence-corrected chi connectivity index (χ2v) is 9.41. The highest BCUT2D eigenvalue weighted by Gasteiger charge is 2.27. The number of nitrogens with zero attached hydrogens (tertiary/aromatic N) is 1. The second-order valence-electron chi connectivity index (χ2n) is 6.73. The van der Waals surface area contributed by atoms with Crippen molar-refractivity contribution < 1.29 is 18.0 Å². The lowest BCUT2D eigenvalue weighted by Gasteiger charge is -2.24. The number of carbonyl (C=O) groups is 2. The molecule has 0 heterocycles. The van der Waals surface area contributed by atoms with Gasteiger partial charge in [-0.3, -0.25) is 13.9 Å². The minimum Gasteiger partial charge on any atom is -0.326 e. The first-order valence-corrected chi connectivity index (χ1v) is 11.6. The Kier molecular flexibility index (Phi) is 7.40. The average molecular weight is 492 g/mol. The van der Waals surface area contributed by atoms with Crippen LogP contribution in [-0.2, 0) is 19.6 Å². The van der Waals surface area contributed by atoms with Gasteiger partial charge in [0, 0.05) is 18.3 Å². The third kappa shape index (κ3) is 5.79. The van der Waals surface area contributed by atoms with Crippen LogP contribution in [0.2, 0.25) is 10.0 Å². The molecule has 3 rings (SSSR count). The summed E-state index contributed by atoms with van der Waals surface area (Å²) in [4.78, 5) is 23.9. The number of rotatable bonds is 7. The molecule has 2 N–H and O–H groups in total. The SMILES string of the molecule is CC(=O)Nc1ccc(NC(=O)CN(c2ccc(Cl)c(Cl)c2)S(=O)(=O)c2ccccc2)cc1. The fraction of sp³-hybridized carbons (Fsp3) is 0.0909. The molecule has 7 nitrogen and oxygen atoms in total. The Hall–Kier alpha value is -3.07. The van der Waals surface area contributed by atoms with Crippen molar-refractivity contribution >= 4 is 62.1 Å². The van der Waals surface area contributed by atoms with Crippen LogP contribution in [0.3, 0.4) is 0 Å². The van der Waals surface area contributed by atoms with Gasteiger partial charge in [-0.25, -0.2) is 8.42 Å². The topological polar surface area (TPSA) is 95.6 Å². The summed E-state index contributed by atoms with van der Waals surface area (Å²) in [5.41, 5.74) is 1.20. The van der Waals surface area contributed by atoms with Gasteiger partial charge in [0.05, 0.1) is 20.6 Å². The number of halogens is 2. The molecule has 0 aliphatic rings. The van der Waals surface area contributed by atoms with Crippen LogP contribution in [0, 0.1) is 0 Å². The van der Waals surface area contributed by atoms with Crippen molar-refractivity contribution in [3.8, 4) is 0 Å². The number of anilines is 3. The van der Waals surface area contributed by atoms with Crippen LogP contribution >= 0.6 is 23.2 Å². The van der Waals surface area contributed by atoms with E-state index in [0.29, 0.717) is 11.4 Å². The van der Waals surface area contributed by atoms with E-state index in [9.17, 15) is 18.0 Å². The van der Waals surface area contributed by atoms with E-state index in [0.717, 1.165) is 4.31 Å². The molecule has 0 radical (unpaired) electrons. The zero-order valence-corrected chi connectivity index (χ0v) is 19.2. The molecular weight excluding hydrogens is 473 g/mol. The predicted octanol–water partition coefficient (Wildman–Crippen LogP) is 4.79. The largest absolute Gasteiger partial charge is 0.326 e. The molecule has 10 heteroatoms. The van der Waals surface area contributed by atoms with E-state index < -0.39 is 22.5 Å². The molecule has 3 aromatic rings. The number of amides is 2. The number of sulfonamides is 1. The van der Waals surface area contributed by atoms with Crippen molar-refractivity contribution in [1.82, 2.24) is 0 Å². The van der Waals surface area contributed by atoms with E-state index >= 15 is 0 Å². The highest BCUT2D eigenvalue weighted by molar-refractivity contribution is 7.92. The monoisotopic (exact) mass is 491 g/mol. The van der Waals surface area contributed by atoms with E-state index in [4.69, 9.17) is 23.2 Å². The Balaban J connectivity index is 1.87. The van der Waals surface area contributed by atoms with E-state index in [1.165, 1.54) is 37.3 Å². The van der Waals surface area contributed by atoms with Crippen LogP contribution in [0.25, 0.3) is 0 Å². The molecule has 0 aliphatic heterocycles. The van der Waals surface area contributed by atoms with Crippen molar-refractivity contribution in [2.24, 2.45) is 0 Å². The number of carbonyl (C=O) groups excluding carboxylic acids is 2. The van der Waals surface area contributed by atoms with Crippen LogP contribution in [0.5, 0.6) is 0 Å². The lowest BCUT2D eigenvalue weighted by molar-refractivity contribution is -0.115. The van der Waals surface area contributed by atoms with E-state index in [2.05, 4.69) is 10.6 Å². The van der Waals surface area contributed by atoms with Gasteiger partial charge in [0.2, 0.25) is 11.8 Å². The van der Waals surface area contributed by atoms with Crippen molar-refractivity contribution in [3.63, 3.8) is 0 Å². The fourth-order valence-corrected chi connectivity index (χ4v) is 4.57. The molecule has 0 unspecified atom stereocenters. The molecule has 0 aromatic heterocycles. The minimum atomic E-state index is -4.07. The Labute approximate surface area is 196 Å². The quantitative estimate of drug-likeness (QED) is 0.496. The first-order valence-electron chi connectivity index (χ1n) is 9.37. The summed E-state index contributed by atoms with van der Waals surface area (Å²) in [6.45, 7) is 0.892. The Morgan fingerprint density at radius 2 is 1.44 bits per heavy atom. The molecule has 2 amide bonds. The van der Waals surface area contributed by atoms with Gasteiger partial charge < -0.3 is 10.6 Å².